The molecule has 2 N–H and O–H groups in total. The van der Waals surface area contributed by atoms with E-state index in [1.165, 1.54) is 0 Å². The molecule has 0 bridgehead atoms. The molecule has 1 aliphatic rings. The summed E-state index contributed by atoms with van der Waals surface area (Å²) >= 11 is 0. The van der Waals surface area contributed by atoms with Crippen LogP contribution in [0, 0.1) is 0 Å². The van der Waals surface area contributed by atoms with Gasteiger partial charge in [-0.05, 0) is 24.1 Å². The number of hydrogen-bond donors (Lipinski definition) is 1. The fourth-order valence-corrected chi connectivity index (χ4v) is 2.52. The first-order valence-electron chi connectivity index (χ1n) is 7.39. The molecule has 0 aromatic heterocycles. The highest BCUT2D eigenvalue weighted by Crippen LogP contribution is 2.33. The summed E-state index contributed by atoms with van der Waals surface area (Å²) in [5, 5.41) is 0. The largest absolute Gasteiger partial charge is 0.493 e. The van der Waals surface area contributed by atoms with Gasteiger partial charge in [0.1, 0.15) is 0 Å². The zero-order valence-corrected chi connectivity index (χ0v) is 12.8. The zero-order chi connectivity index (χ0) is 15.1. The normalized spacial score (nSPS) is 22.0. The molecular weight excluding hydrogens is 270 g/mol. The average Bonchev–Trinajstić information content (AvgIpc) is 2.52. The Bertz CT molecular complexity index is 438. The first kappa shape index (κ1) is 16.1. The summed E-state index contributed by atoms with van der Waals surface area (Å²) in [6.07, 6.45) is 1.73. The fourth-order valence-electron chi connectivity index (χ4n) is 2.52. The predicted octanol–water partition coefficient (Wildman–Crippen LogP) is 1.94. The molecule has 0 amide bonds. The lowest BCUT2D eigenvalue weighted by Gasteiger charge is -2.29. The van der Waals surface area contributed by atoms with Crippen LogP contribution in [0.2, 0.25) is 0 Å². The highest BCUT2D eigenvalue weighted by molar-refractivity contribution is 5.44. The minimum atomic E-state index is 0.133. The first-order chi connectivity index (χ1) is 10.3. The van der Waals surface area contributed by atoms with Crippen LogP contribution in [0.5, 0.6) is 11.5 Å². The topological polar surface area (TPSA) is 62.9 Å². The zero-order valence-electron chi connectivity index (χ0n) is 12.8. The van der Waals surface area contributed by atoms with Gasteiger partial charge in [0.2, 0.25) is 0 Å². The molecule has 0 aliphatic carbocycles. The van der Waals surface area contributed by atoms with Gasteiger partial charge in [-0.25, -0.2) is 0 Å². The van der Waals surface area contributed by atoms with Gasteiger partial charge in [-0.1, -0.05) is 6.07 Å². The van der Waals surface area contributed by atoms with Crippen LogP contribution in [0.3, 0.4) is 0 Å². The van der Waals surface area contributed by atoms with E-state index in [-0.39, 0.29) is 12.0 Å². The summed E-state index contributed by atoms with van der Waals surface area (Å²) in [4.78, 5) is 0. The highest BCUT2D eigenvalue weighted by Gasteiger charge is 2.25. The standard InChI is InChI=1S/C16H25NO4/c1-18-7-3-8-21-16-10-12(4-5-15(16)19-2)13-11-20-9-6-14(13)17/h4-5,10,13-14H,3,6-9,11,17H2,1-2H3. The Morgan fingerprint density at radius 2 is 2.10 bits per heavy atom. The Labute approximate surface area is 126 Å². The maximum absolute atomic E-state index is 6.20. The average molecular weight is 295 g/mol. The number of nitrogens with two attached hydrogens (primary N) is 1. The monoisotopic (exact) mass is 295 g/mol. The lowest BCUT2D eigenvalue weighted by atomic mass is 9.89. The number of ether oxygens (including phenoxy) is 4. The van der Waals surface area contributed by atoms with Gasteiger partial charge in [-0.2, -0.15) is 0 Å². The number of rotatable bonds is 7. The summed E-state index contributed by atoms with van der Waals surface area (Å²) in [7, 11) is 3.33. The minimum absolute atomic E-state index is 0.133. The van der Waals surface area contributed by atoms with E-state index in [2.05, 4.69) is 0 Å². The lowest BCUT2D eigenvalue weighted by molar-refractivity contribution is 0.0690. The third-order valence-corrected chi connectivity index (χ3v) is 3.78. The van der Waals surface area contributed by atoms with Crippen molar-refractivity contribution in [1.29, 1.82) is 0 Å². The molecule has 118 valence electrons. The third kappa shape index (κ3) is 4.33. The summed E-state index contributed by atoms with van der Waals surface area (Å²) < 4.78 is 21.7. The second-order valence-corrected chi connectivity index (χ2v) is 5.24. The van der Waals surface area contributed by atoms with Gasteiger partial charge in [0.25, 0.3) is 0 Å². The van der Waals surface area contributed by atoms with Crippen molar-refractivity contribution < 1.29 is 18.9 Å². The van der Waals surface area contributed by atoms with Gasteiger partial charge < -0.3 is 24.7 Å². The molecule has 21 heavy (non-hydrogen) atoms. The van der Waals surface area contributed by atoms with Crippen molar-refractivity contribution in [2.45, 2.75) is 24.8 Å². The number of hydrogen-bond acceptors (Lipinski definition) is 5. The summed E-state index contributed by atoms with van der Waals surface area (Å²) in [5.41, 5.74) is 7.35. The van der Waals surface area contributed by atoms with Crippen LogP contribution in [-0.4, -0.2) is 46.7 Å². The van der Waals surface area contributed by atoms with Crippen molar-refractivity contribution in [3.05, 3.63) is 23.8 Å². The van der Waals surface area contributed by atoms with E-state index < -0.39 is 0 Å². The second-order valence-electron chi connectivity index (χ2n) is 5.24. The van der Waals surface area contributed by atoms with E-state index in [4.69, 9.17) is 24.7 Å². The minimum Gasteiger partial charge on any atom is -0.493 e. The van der Waals surface area contributed by atoms with Crippen molar-refractivity contribution in [2.75, 3.05) is 40.6 Å². The van der Waals surface area contributed by atoms with Crippen LogP contribution < -0.4 is 15.2 Å². The van der Waals surface area contributed by atoms with Crippen molar-refractivity contribution in [3.8, 4) is 11.5 Å². The molecule has 1 aliphatic heterocycles. The van der Waals surface area contributed by atoms with Crippen molar-refractivity contribution in [2.24, 2.45) is 5.73 Å². The second kappa shape index (κ2) is 8.22. The number of benzene rings is 1. The molecule has 1 fully saturated rings. The molecule has 1 aromatic carbocycles. The first-order valence-corrected chi connectivity index (χ1v) is 7.39. The predicted molar refractivity (Wildman–Crippen MR) is 81.1 cm³/mol. The molecule has 2 atom stereocenters. The fraction of sp³-hybridized carbons (Fsp3) is 0.625. The smallest absolute Gasteiger partial charge is 0.161 e. The van der Waals surface area contributed by atoms with E-state index in [1.54, 1.807) is 14.2 Å². The van der Waals surface area contributed by atoms with E-state index in [9.17, 15) is 0 Å². The van der Waals surface area contributed by atoms with Gasteiger partial charge in [-0.3, -0.25) is 0 Å². The van der Waals surface area contributed by atoms with Crippen LogP contribution in [-0.2, 0) is 9.47 Å². The van der Waals surface area contributed by atoms with Crippen molar-refractivity contribution in [1.82, 2.24) is 0 Å². The number of methoxy groups -OCH3 is 2. The van der Waals surface area contributed by atoms with Crippen molar-refractivity contribution in [3.63, 3.8) is 0 Å². The maximum Gasteiger partial charge on any atom is 0.161 e. The summed E-state index contributed by atoms with van der Waals surface area (Å²) in [5.74, 6) is 1.70. The van der Waals surface area contributed by atoms with Gasteiger partial charge in [0.15, 0.2) is 11.5 Å². The van der Waals surface area contributed by atoms with E-state index in [0.717, 1.165) is 36.5 Å². The molecule has 0 spiro atoms. The SMILES string of the molecule is COCCCOc1cc(C2COCCC2N)ccc1OC. The molecule has 0 radical (unpaired) electrons. The van der Waals surface area contributed by atoms with E-state index in [1.807, 2.05) is 18.2 Å². The third-order valence-electron chi connectivity index (χ3n) is 3.78. The Hall–Kier alpha value is -1.30. The van der Waals surface area contributed by atoms with E-state index >= 15 is 0 Å². The Balaban J connectivity index is 2.08. The molecule has 5 nitrogen and oxygen atoms in total. The Kier molecular flexibility index (Phi) is 6.29. The van der Waals surface area contributed by atoms with Gasteiger partial charge in [0, 0.05) is 38.7 Å². The van der Waals surface area contributed by atoms with Gasteiger partial charge in [-0.15, -0.1) is 0 Å². The van der Waals surface area contributed by atoms with Crippen LogP contribution in [0.25, 0.3) is 0 Å². The molecular formula is C16H25NO4. The van der Waals surface area contributed by atoms with Crippen LogP contribution in [0.15, 0.2) is 18.2 Å². The van der Waals surface area contributed by atoms with Crippen LogP contribution in [0.4, 0.5) is 0 Å². The molecule has 5 heteroatoms. The molecule has 2 rings (SSSR count). The highest BCUT2D eigenvalue weighted by atomic mass is 16.5. The van der Waals surface area contributed by atoms with Crippen molar-refractivity contribution >= 4 is 0 Å². The van der Waals surface area contributed by atoms with E-state index in [0.29, 0.717) is 19.8 Å². The quantitative estimate of drug-likeness (QED) is 0.779. The summed E-state index contributed by atoms with van der Waals surface area (Å²) in [6.45, 7) is 2.69. The Morgan fingerprint density at radius 1 is 1.24 bits per heavy atom. The van der Waals surface area contributed by atoms with Crippen LogP contribution in [0.1, 0.15) is 24.3 Å². The molecule has 1 saturated heterocycles. The molecule has 2 unspecified atom stereocenters. The molecule has 0 saturated carbocycles. The summed E-state index contributed by atoms with van der Waals surface area (Å²) in [6, 6.07) is 6.13. The Morgan fingerprint density at radius 3 is 2.81 bits per heavy atom. The lowest BCUT2D eigenvalue weighted by Crippen LogP contribution is -2.36. The maximum atomic E-state index is 6.20. The van der Waals surface area contributed by atoms with Gasteiger partial charge in [0.05, 0.1) is 20.3 Å². The molecule has 1 aromatic rings. The van der Waals surface area contributed by atoms with Crippen LogP contribution >= 0.6 is 0 Å². The molecule has 1 heterocycles. The van der Waals surface area contributed by atoms with Gasteiger partial charge >= 0.3 is 0 Å².